The number of guanidine groups is 1. The predicted molar refractivity (Wildman–Crippen MR) is 127 cm³/mol. The topological polar surface area (TPSA) is 69.6 Å². The van der Waals surface area contributed by atoms with Crippen molar-refractivity contribution >= 4 is 52.9 Å². The van der Waals surface area contributed by atoms with Gasteiger partial charge in [-0.2, -0.15) is 0 Å². The summed E-state index contributed by atoms with van der Waals surface area (Å²) < 4.78 is 0. The van der Waals surface area contributed by atoms with Crippen LogP contribution in [-0.4, -0.2) is 36.5 Å². The van der Waals surface area contributed by atoms with E-state index < -0.39 is 0 Å². The molecule has 0 unspecified atom stereocenters. The number of fused-ring (bicyclic) bond motifs is 1. The quantitative estimate of drug-likeness (QED) is 0.258. The zero-order valence-corrected chi connectivity index (χ0v) is 19.5. The molecule has 1 aliphatic rings. The van der Waals surface area contributed by atoms with Gasteiger partial charge in [0.05, 0.1) is 6.54 Å². The molecule has 0 aliphatic carbocycles. The molecule has 0 radical (unpaired) electrons. The van der Waals surface area contributed by atoms with Crippen LogP contribution >= 0.6 is 35.3 Å². The molecule has 0 atom stereocenters. The summed E-state index contributed by atoms with van der Waals surface area (Å²) in [5, 5.41) is 7.55. The Morgan fingerprint density at radius 2 is 2.14 bits per heavy atom. The van der Waals surface area contributed by atoms with E-state index in [9.17, 15) is 4.79 Å². The summed E-state index contributed by atoms with van der Waals surface area (Å²) in [4.78, 5) is 24.6. The molecule has 1 amide bonds. The Bertz CT molecular complexity index is 807. The van der Waals surface area contributed by atoms with Crippen LogP contribution in [0.5, 0.6) is 0 Å². The average molecular weight is 513 g/mol. The number of hydrogen-bond acceptors (Lipinski definition) is 4. The first-order valence-corrected chi connectivity index (χ1v) is 10.3. The SMILES string of the molecule is CCNC(=NCc1ncc(C)s1)NCCCC(=O)N1CCc2ccccc21.I. The number of carbonyl (C=O) groups excluding carboxylic acids is 1. The van der Waals surface area contributed by atoms with E-state index in [0.29, 0.717) is 19.5 Å². The van der Waals surface area contributed by atoms with E-state index in [0.717, 1.165) is 42.6 Å². The number of aromatic nitrogens is 1. The van der Waals surface area contributed by atoms with E-state index in [1.54, 1.807) is 11.3 Å². The molecule has 1 aromatic heterocycles. The molecule has 152 valence electrons. The standard InChI is InChI=1S/C20H27N5OS.HI/c1-3-21-20(24-14-18-23-13-15(2)27-18)22-11-6-9-19(26)25-12-10-16-7-4-5-8-17(16)25;/h4-5,7-8,13H,3,6,9-12,14H2,1-2H3,(H2,21,22,24);1H. The maximum atomic E-state index is 12.5. The minimum absolute atomic E-state index is 0. The zero-order chi connectivity index (χ0) is 19.1. The number of aliphatic imine (C=N–C) groups is 1. The fraction of sp³-hybridized carbons (Fsp3) is 0.450. The largest absolute Gasteiger partial charge is 0.357 e. The lowest BCUT2D eigenvalue weighted by molar-refractivity contribution is -0.118. The van der Waals surface area contributed by atoms with Crippen molar-refractivity contribution < 1.29 is 4.79 Å². The summed E-state index contributed by atoms with van der Waals surface area (Å²) in [6.45, 7) is 6.96. The minimum atomic E-state index is 0. The van der Waals surface area contributed by atoms with Crippen LogP contribution in [0, 0.1) is 6.92 Å². The average Bonchev–Trinajstić information content (AvgIpc) is 3.29. The number of hydrogen-bond donors (Lipinski definition) is 2. The number of halogens is 1. The number of anilines is 1. The minimum Gasteiger partial charge on any atom is -0.357 e. The molecule has 0 saturated heterocycles. The number of amides is 1. The van der Waals surface area contributed by atoms with Gasteiger partial charge in [0, 0.05) is 42.8 Å². The van der Waals surface area contributed by atoms with E-state index in [-0.39, 0.29) is 29.9 Å². The number of carbonyl (C=O) groups is 1. The molecule has 0 bridgehead atoms. The van der Waals surface area contributed by atoms with E-state index in [1.807, 2.05) is 43.1 Å². The van der Waals surface area contributed by atoms with Gasteiger partial charge >= 0.3 is 0 Å². The van der Waals surface area contributed by atoms with E-state index in [2.05, 4.69) is 26.7 Å². The third-order valence-electron chi connectivity index (χ3n) is 4.43. The van der Waals surface area contributed by atoms with Crippen LogP contribution in [0.2, 0.25) is 0 Å². The highest BCUT2D eigenvalue weighted by molar-refractivity contribution is 14.0. The van der Waals surface area contributed by atoms with E-state index in [1.165, 1.54) is 10.4 Å². The van der Waals surface area contributed by atoms with Crippen molar-refractivity contribution in [2.24, 2.45) is 4.99 Å². The van der Waals surface area contributed by atoms with Crippen molar-refractivity contribution in [2.75, 3.05) is 24.5 Å². The van der Waals surface area contributed by atoms with Crippen LogP contribution in [0.1, 0.15) is 35.2 Å². The van der Waals surface area contributed by atoms with Crippen molar-refractivity contribution in [3.05, 3.63) is 45.9 Å². The smallest absolute Gasteiger partial charge is 0.227 e. The molecule has 8 heteroatoms. The number of nitrogens with one attached hydrogen (secondary N) is 2. The number of para-hydroxylation sites is 1. The van der Waals surface area contributed by atoms with Crippen LogP contribution in [0.4, 0.5) is 5.69 Å². The van der Waals surface area contributed by atoms with Gasteiger partial charge in [0.1, 0.15) is 5.01 Å². The Morgan fingerprint density at radius 3 is 2.89 bits per heavy atom. The van der Waals surface area contributed by atoms with Gasteiger partial charge in [0.2, 0.25) is 5.91 Å². The molecule has 0 spiro atoms. The summed E-state index contributed by atoms with van der Waals surface area (Å²) in [5.74, 6) is 0.964. The second kappa shape index (κ2) is 11.4. The predicted octanol–water partition coefficient (Wildman–Crippen LogP) is 3.49. The molecule has 28 heavy (non-hydrogen) atoms. The molecule has 6 nitrogen and oxygen atoms in total. The number of aryl methyl sites for hydroxylation is 1. The van der Waals surface area contributed by atoms with Crippen molar-refractivity contribution in [2.45, 2.75) is 39.7 Å². The van der Waals surface area contributed by atoms with Gasteiger partial charge < -0.3 is 15.5 Å². The molecule has 0 fully saturated rings. The van der Waals surface area contributed by atoms with Gasteiger partial charge in [-0.25, -0.2) is 9.98 Å². The van der Waals surface area contributed by atoms with E-state index >= 15 is 0 Å². The normalized spacial score (nSPS) is 13.1. The molecular weight excluding hydrogens is 485 g/mol. The molecule has 0 saturated carbocycles. The first-order valence-electron chi connectivity index (χ1n) is 9.49. The maximum absolute atomic E-state index is 12.5. The van der Waals surface area contributed by atoms with Crippen LogP contribution in [0.15, 0.2) is 35.5 Å². The Hall–Kier alpha value is -1.68. The Morgan fingerprint density at radius 1 is 1.32 bits per heavy atom. The summed E-state index contributed by atoms with van der Waals surface area (Å²) in [6, 6.07) is 8.17. The zero-order valence-electron chi connectivity index (χ0n) is 16.4. The fourth-order valence-electron chi connectivity index (χ4n) is 3.14. The van der Waals surface area contributed by atoms with Gasteiger partial charge in [-0.15, -0.1) is 35.3 Å². The first-order chi connectivity index (χ1) is 13.2. The monoisotopic (exact) mass is 513 g/mol. The highest BCUT2D eigenvalue weighted by Gasteiger charge is 2.23. The fourth-order valence-corrected chi connectivity index (χ4v) is 3.85. The van der Waals surface area contributed by atoms with Gasteiger partial charge in [-0.05, 0) is 38.3 Å². The lowest BCUT2D eigenvalue weighted by Crippen LogP contribution is -2.38. The van der Waals surface area contributed by atoms with Crippen molar-refractivity contribution in [3.8, 4) is 0 Å². The van der Waals surface area contributed by atoms with Crippen molar-refractivity contribution in [3.63, 3.8) is 0 Å². The lowest BCUT2D eigenvalue weighted by Gasteiger charge is -2.17. The van der Waals surface area contributed by atoms with Crippen LogP contribution in [-0.2, 0) is 17.8 Å². The van der Waals surface area contributed by atoms with Crippen LogP contribution in [0.25, 0.3) is 0 Å². The van der Waals surface area contributed by atoms with Gasteiger partial charge in [0.25, 0.3) is 0 Å². The van der Waals surface area contributed by atoms with Gasteiger partial charge in [-0.1, -0.05) is 18.2 Å². The third-order valence-corrected chi connectivity index (χ3v) is 5.33. The highest BCUT2D eigenvalue weighted by atomic mass is 127. The third kappa shape index (κ3) is 6.16. The van der Waals surface area contributed by atoms with Crippen molar-refractivity contribution in [1.82, 2.24) is 15.6 Å². The Balaban J connectivity index is 0.00000280. The Labute approximate surface area is 187 Å². The summed E-state index contributed by atoms with van der Waals surface area (Å²) in [7, 11) is 0. The number of thiazole rings is 1. The molecular formula is C20H28IN5OS. The number of rotatable bonds is 7. The number of benzene rings is 1. The van der Waals surface area contributed by atoms with Gasteiger partial charge in [-0.3, -0.25) is 4.79 Å². The summed E-state index contributed by atoms with van der Waals surface area (Å²) >= 11 is 1.66. The molecule has 1 aliphatic heterocycles. The summed E-state index contributed by atoms with van der Waals surface area (Å²) in [5.41, 5.74) is 2.34. The number of nitrogens with zero attached hydrogens (tertiary/aromatic N) is 3. The first kappa shape index (κ1) is 22.6. The van der Waals surface area contributed by atoms with E-state index in [4.69, 9.17) is 0 Å². The van der Waals surface area contributed by atoms with Crippen molar-refractivity contribution in [1.29, 1.82) is 0 Å². The lowest BCUT2D eigenvalue weighted by atomic mass is 10.2. The molecule has 2 aromatic rings. The Kier molecular flexibility index (Phi) is 9.17. The highest BCUT2D eigenvalue weighted by Crippen LogP contribution is 2.27. The molecule has 1 aromatic carbocycles. The van der Waals surface area contributed by atoms with Crippen LogP contribution < -0.4 is 15.5 Å². The molecule has 2 N–H and O–H groups in total. The van der Waals surface area contributed by atoms with Crippen LogP contribution in [0.3, 0.4) is 0 Å². The van der Waals surface area contributed by atoms with Gasteiger partial charge in [0.15, 0.2) is 5.96 Å². The second-order valence-corrected chi connectivity index (χ2v) is 7.83. The molecule has 3 rings (SSSR count). The maximum Gasteiger partial charge on any atom is 0.227 e. The second-order valence-electron chi connectivity index (χ2n) is 6.51. The summed E-state index contributed by atoms with van der Waals surface area (Å²) in [6.07, 6.45) is 4.14. The molecule has 2 heterocycles.